The topological polar surface area (TPSA) is 173 Å². The third kappa shape index (κ3) is 8.20. The Bertz CT molecular complexity index is 3150. The predicted molar refractivity (Wildman–Crippen MR) is 247 cm³/mol. The molecule has 3 heterocycles. The highest BCUT2D eigenvalue weighted by molar-refractivity contribution is 5.91. The summed E-state index contributed by atoms with van der Waals surface area (Å²) in [5.41, 5.74) is -2.90. The fraction of sp³-hybridized carbons (Fsp3) is 0.132. The number of methoxy groups -OCH3 is 1. The highest BCUT2D eigenvalue weighted by atomic mass is 19.2. The molecule has 1 saturated heterocycles. The molecule has 68 heavy (non-hydrogen) atoms. The van der Waals surface area contributed by atoms with Crippen LogP contribution in [0.2, 0.25) is 0 Å². The van der Waals surface area contributed by atoms with Gasteiger partial charge in [0.25, 0.3) is 17.0 Å². The molecule has 0 saturated carbocycles. The number of benzene rings is 6. The lowest BCUT2D eigenvalue weighted by Crippen LogP contribution is -2.55. The zero-order valence-electron chi connectivity index (χ0n) is 36.2. The Hall–Kier alpha value is -8.87. The summed E-state index contributed by atoms with van der Waals surface area (Å²) in [5.74, 6) is -3.53. The molecule has 4 atom stereocenters. The van der Waals surface area contributed by atoms with Crippen molar-refractivity contribution in [1.82, 2.24) is 19.5 Å². The van der Waals surface area contributed by atoms with Gasteiger partial charge in [-0.15, -0.1) is 6.42 Å². The number of imidazole rings is 1. The lowest BCUT2D eigenvalue weighted by Gasteiger charge is -2.37. The van der Waals surface area contributed by atoms with Gasteiger partial charge in [-0.05, 0) is 71.1 Å². The third-order valence-corrected chi connectivity index (χ3v) is 11.5. The van der Waals surface area contributed by atoms with Crippen LogP contribution >= 0.6 is 0 Å². The van der Waals surface area contributed by atoms with Gasteiger partial charge in [0.05, 0.1) is 30.1 Å². The van der Waals surface area contributed by atoms with Crippen LogP contribution in [0, 0.1) is 12.3 Å². The molecule has 0 bridgehead atoms. The normalized spacial score (nSPS) is 18.8. The van der Waals surface area contributed by atoms with Crippen LogP contribution in [-0.4, -0.2) is 68.7 Å². The molecule has 8 aromatic rings. The van der Waals surface area contributed by atoms with E-state index in [1.165, 1.54) is 36.4 Å². The lowest BCUT2D eigenvalue weighted by molar-refractivity contribution is -0.207. The number of rotatable bonds is 14. The number of nitrogens with zero attached hydrogens (tertiary/aromatic N) is 3. The van der Waals surface area contributed by atoms with Crippen LogP contribution in [0.3, 0.4) is 0 Å². The first kappa shape index (κ1) is 44.3. The predicted octanol–water partition coefficient (Wildman–Crippen LogP) is 8.04. The maximum atomic E-state index is 18.3. The van der Waals surface area contributed by atoms with E-state index in [-0.39, 0.29) is 33.8 Å². The maximum Gasteiger partial charge on any atom is 0.339 e. The number of terminal acetylenes is 1. The van der Waals surface area contributed by atoms with Gasteiger partial charge in [-0.1, -0.05) is 127 Å². The van der Waals surface area contributed by atoms with Crippen LogP contribution < -0.4 is 15.6 Å². The van der Waals surface area contributed by atoms with E-state index in [1.54, 1.807) is 73.8 Å². The van der Waals surface area contributed by atoms with Crippen molar-refractivity contribution < 1.29 is 42.5 Å². The molecule has 1 fully saturated rings. The fourth-order valence-electron chi connectivity index (χ4n) is 8.24. The molecule has 0 aliphatic carbocycles. The van der Waals surface area contributed by atoms with Crippen LogP contribution in [-0.2, 0) is 24.5 Å². The number of esters is 3. The first-order chi connectivity index (χ1) is 33.1. The van der Waals surface area contributed by atoms with Crippen molar-refractivity contribution in [1.29, 1.82) is 0 Å². The highest BCUT2D eigenvalue weighted by Crippen LogP contribution is 2.51. The van der Waals surface area contributed by atoms with Crippen LogP contribution in [0.4, 0.5) is 10.3 Å². The van der Waals surface area contributed by atoms with Crippen molar-refractivity contribution in [3.63, 3.8) is 0 Å². The Morgan fingerprint density at radius 1 is 0.750 bits per heavy atom. The second-order valence-corrected chi connectivity index (χ2v) is 15.6. The largest absolute Gasteiger partial charge is 0.497 e. The van der Waals surface area contributed by atoms with Crippen molar-refractivity contribution in [2.45, 2.75) is 29.3 Å². The number of hydrogen-bond acceptors (Lipinski definition) is 12. The Morgan fingerprint density at radius 2 is 1.25 bits per heavy atom. The molecule has 0 amide bonds. The quantitative estimate of drug-likeness (QED) is 0.0466. The minimum atomic E-state index is -3.34. The van der Waals surface area contributed by atoms with E-state index in [9.17, 15) is 19.2 Å². The number of aromatic amines is 1. The van der Waals surface area contributed by atoms with Gasteiger partial charge in [0.15, 0.2) is 24.0 Å². The summed E-state index contributed by atoms with van der Waals surface area (Å²) in [4.78, 5) is 67.7. The second-order valence-electron chi connectivity index (χ2n) is 15.6. The number of H-pyrrole nitrogens is 1. The summed E-state index contributed by atoms with van der Waals surface area (Å²) in [6.45, 7) is -1.22. The van der Waals surface area contributed by atoms with Crippen LogP contribution in [0.5, 0.6) is 5.75 Å². The maximum absolute atomic E-state index is 18.3. The van der Waals surface area contributed by atoms with Crippen molar-refractivity contribution >= 4 is 35.0 Å². The van der Waals surface area contributed by atoms with Gasteiger partial charge in [0.1, 0.15) is 11.3 Å². The first-order valence-electron chi connectivity index (χ1n) is 21.2. The number of hydrogen-bond donors (Lipinski definition) is 2. The zero-order valence-corrected chi connectivity index (χ0v) is 36.2. The number of anilines is 1. The van der Waals surface area contributed by atoms with E-state index >= 15 is 4.39 Å². The molecule has 14 nitrogen and oxygen atoms in total. The third-order valence-electron chi connectivity index (χ3n) is 11.5. The second kappa shape index (κ2) is 18.6. The molecule has 2 N–H and O–H groups in total. The molecule has 15 heteroatoms. The monoisotopic (exact) mass is 909 g/mol. The van der Waals surface area contributed by atoms with E-state index in [0.29, 0.717) is 5.75 Å². The van der Waals surface area contributed by atoms with Gasteiger partial charge in [0.2, 0.25) is 12.1 Å². The van der Waals surface area contributed by atoms with Gasteiger partial charge in [-0.25, -0.2) is 23.8 Å². The Kier molecular flexibility index (Phi) is 12.1. The lowest BCUT2D eigenvalue weighted by atomic mass is 9.77. The number of carbonyl (C=O) groups is 3. The molecule has 1 aliphatic rings. The molecule has 0 spiro atoms. The molecule has 6 aromatic carbocycles. The first-order valence-corrected chi connectivity index (χ1v) is 21.2. The van der Waals surface area contributed by atoms with Crippen LogP contribution in [0.1, 0.15) is 54.0 Å². The number of alkyl halides is 1. The summed E-state index contributed by atoms with van der Waals surface area (Å²) in [5, 5.41) is 3.51. The Balaban J connectivity index is 1.22. The number of carbonyl (C=O) groups excluding carboxylic acids is 3. The average molecular weight is 910 g/mol. The molecule has 0 radical (unpaired) electrons. The highest BCUT2D eigenvalue weighted by Gasteiger charge is 2.71. The number of nitrogens with one attached hydrogen (secondary N) is 2. The Morgan fingerprint density at radius 3 is 1.78 bits per heavy atom. The minimum absolute atomic E-state index is 0.00545. The standard InChI is InChI=1S/C53H40FN5O9/c1-3-51(67-47(63)37-23-13-6-14-24-37)48(66-46(62)36-21-11-5-12-22-36)52(54,33-65-45(61)35-19-9-4-10-20-35)68-49(51)59-34-55-42-43(59)56-50(57-44(42)60)58-53(38-25-15-7-16-26-38,39-27-17-8-18-28-39)40-29-31-41(64-2)32-30-40/h1,4-32,34,48-49H,33H2,2H3,(H2,56,57,58,60)/t48-,49+,51+,52+/m0/s1. The van der Waals surface area contributed by atoms with Gasteiger partial charge in [-0.3, -0.25) is 14.3 Å². The van der Waals surface area contributed by atoms with Crippen molar-refractivity contribution in [2.75, 3.05) is 19.0 Å². The summed E-state index contributed by atoms with van der Waals surface area (Å²) in [7, 11) is 1.56. The SMILES string of the molecule is C#C[C@]1(OC(=O)c2ccccc2)[C@H](n2cnc3c(=O)[nH]c(NC(c4ccccc4)(c4ccccc4)c4ccc(OC)cc4)nc32)O[C@](F)(COC(=O)c2ccccc2)[C@H]1OC(=O)c1ccccc1. The van der Waals surface area contributed by atoms with Gasteiger partial charge in [-0.2, -0.15) is 4.98 Å². The fourth-order valence-corrected chi connectivity index (χ4v) is 8.24. The molecule has 9 rings (SSSR count). The van der Waals surface area contributed by atoms with Gasteiger partial charge >= 0.3 is 17.9 Å². The molecule has 1 aliphatic heterocycles. The van der Waals surface area contributed by atoms with E-state index in [4.69, 9.17) is 35.1 Å². The summed E-state index contributed by atoms with van der Waals surface area (Å²) in [6, 6.07) is 49.4. The molecule has 2 aromatic heterocycles. The smallest absolute Gasteiger partial charge is 0.339 e. The van der Waals surface area contributed by atoms with E-state index in [0.717, 1.165) is 27.6 Å². The average Bonchev–Trinajstić information content (AvgIpc) is 3.92. The molecule has 338 valence electrons. The molecular weight excluding hydrogens is 870 g/mol. The van der Waals surface area contributed by atoms with E-state index in [1.807, 2.05) is 72.8 Å². The zero-order chi connectivity index (χ0) is 47.3. The minimum Gasteiger partial charge on any atom is -0.497 e. The van der Waals surface area contributed by atoms with Gasteiger partial charge < -0.3 is 29.0 Å². The van der Waals surface area contributed by atoms with Crippen molar-refractivity contribution in [3.05, 3.63) is 226 Å². The molecule has 0 unspecified atom stereocenters. The summed E-state index contributed by atoms with van der Waals surface area (Å²) < 4.78 is 48.6. The van der Waals surface area contributed by atoms with Crippen LogP contribution in [0.15, 0.2) is 187 Å². The Labute approximate surface area is 388 Å². The summed E-state index contributed by atoms with van der Waals surface area (Å²) >= 11 is 0. The van der Waals surface area contributed by atoms with Gasteiger partial charge in [0, 0.05) is 0 Å². The van der Waals surface area contributed by atoms with Crippen LogP contribution in [0.25, 0.3) is 11.2 Å². The van der Waals surface area contributed by atoms with E-state index < -0.39 is 59.4 Å². The number of halogens is 1. The number of aromatic nitrogens is 4. The van der Waals surface area contributed by atoms with Crippen molar-refractivity contribution in [3.8, 4) is 18.1 Å². The molecular formula is C53H40FN5O9. The van der Waals surface area contributed by atoms with Crippen molar-refractivity contribution in [2.24, 2.45) is 0 Å². The number of fused-ring (bicyclic) bond motifs is 1. The number of ether oxygens (including phenoxy) is 5. The van der Waals surface area contributed by atoms with E-state index in [2.05, 4.69) is 21.2 Å². The summed E-state index contributed by atoms with van der Waals surface area (Å²) in [6.07, 6.45) is 3.11.